The van der Waals surface area contributed by atoms with Gasteiger partial charge in [0, 0.05) is 42.8 Å². The first-order valence-electron chi connectivity index (χ1n) is 9.93. The Hall–Kier alpha value is -3.26. The molecule has 8 heteroatoms. The van der Waals surface area contributed by atoms with Crippen LogP contribution in [0.1, 0.15) is 39.1 Å². The van der Waals surface area contributed by atoms with E-state index in [1.54, 1.807) is 41.0 Å². The second-order valence-electron chi connectivity index (χ2n) is 7.43. The number of rotatable bonds is 7. The number of imide groups is 1. The molecule has 0 saturated carbocycles. The zero-order valence-corrected chi connectivity index (χ0v) is 18.6. The van der Waals surface area contributed by atoms with Gasteiger partial charge in [0.1, 0.15) is 0 Å². The fourth-order valence-corrected chi connectivity index (χ4v) is 3.93. The molecule has 0 spiro atoms. The van der Waals surface area contributed by atoms with E-state index in [0.717, 1.165) is 15.7 Å². The lowest BCUT2D eigenvalue weighted by atomic mass is 10.1. The Kier molecular flexibility index (Phi) is 5.99. The van der Waals surface area contributed by atoms with Crippen molar-refractivity contribution in [1.29, 1.82) is 0 Å². The van der Waals surface area contributed by atoms with Crippen molar-refractivity contribution >= 4 is 33.7 Å². The highest BCUT2D eigenvalue weighted by Crippen LogP contribution is 2.26. The summed E-state index contributed by atoms with van der Waals surface area (Å²) >= 11 is 3.32. The van der Waals surface area contributed by atoms with Crippen LogP contribution in [0.5, 0.6) is 0 Å². The number of nitrogens with zero attached hydrogens (tertiary/aromatic N) is 4. The average molecular weight is 481 g/mol. The standard InChI is InChI=1S/C23H21BrN4O3/c1-26(14-16-13-25-28(15-16)18-6-3-2-4-7-18)21(29)8-5-11-27-22(30)19-10-9-17(24)12-20(19)23(27)31/h2-4,6-7,9-10,12-13,15H,5,8,11,14H2,1H3. The van der Waals surface area contributed by atoms with E-state index in [0.29, 0.717) is 24.1 Å². The predicted molar refractivity (Wildman–Crippen MR) is 119 cm³/mol. The van der Waals surface area contributed by atoms with Crippen LogP contribution in [0.2, 0.25) is 0 Å². The molecule has 3 aromatic rings. The fraction of sp³-hybridized carbons (Fsp3) is 0.217. The summed E-state index contributed by atoms with van der Waals surface area (Å²) in [5.41, 5.74) is 2.69. The number of amides is 3. The van der Waals surface area contributed by atoms with Crippen molar-refractivity contribution in [3.8, 4) is 5.69 Å². The van der Waals surface area contributed by atoms with Gasteiger partial charge in [-0.1, -0.05) is 34.1 Å². The SMILES string of the molecule is CN(Cc1cnn(-c2ccccc2)c1)C(=O)CCCN1C(=O)c2ccc(Br)cc2C1=O. The van der Waals surface area contributed by atoms with Crippen molar-refractivity contribution in [2.75, 3.05) is 13.6 Å². The zero-order valence-electron chi connectivity index (χ0n) is 17.0. The Morgan fingerprint density at radius 1 is 1.06 bits per heavy atom. The molecule has 158 valence electrons. The lowest BCUT2D eigenvalue weighted by Gasteiger charge is -2.18. The highest BCUT2D eigenvalue weighted by molar-refractivity contribution is 9.10. The molecule has 31 heavy (non-hydrogen) atoms. The van der Waals surface area contributed by atoms with Gasteiger partial charge in [-0.15, -0.1) is 0 Å². The molecule has 1 aliphatic heterocycles. The van der Waals surface area contributed by atoms with Crippen molar-refractivity contribution in [1.82, 2.24) is 19.6 Å². The number of para-hydroxylation sites is 1. The molecule has 7 nitrogen and oxygen atoms in total. The van der Waals surface area contributed by atoms with Crippen LogP contribution >= 0.6 is 15.9 Å². The topological polar surface area (TPSA) is 75.5 Å². The Labute approximate surface area is 188 Å². The van der Waals surface area contributed by atoms with Crippen molar-refractivity contribution in [3.05, 3.63) is 82.1 Å². The molecule has 0 saturated heterocycles. The summed E-state index contributed by atoms with van der Waals surface area (Å²) in [6.45, 7) is 0.655. The zero-order chi connectivity index (χ0) is 22.0. The normalized spacial score (nSPS) is 12.9. The minimum absolute atomic E-state index is 0.0492. The Balaban J connectivity index is 1.29. The molecule has 0 atom stereocenters. The number of hydrogen-bond acceptors (Lipinski definition) is 4. The minimum atomic E-state index is -0.310. The maximum absolute atomic E-state index is 12.5. The van der Waals surface area contributed by atoms with Gasteiger partial charge in [0.05, 0.1) is 23.0 Å². The molecule has 3 amide bonds. The van der Waals surface area contributed by atoms with Crippen LogP contribution in [-0.2, 0) is 11.3 Å². The summed E-state index contributed by atoms with van der Waals surface area (Å²) in [6, 6.07) is 14.8. The van der Waals surface area contributed by atoms with Crippen LogP contribution in [0.15, 0.2) is 65.4 Å². The molecular weight excluding hydrogens is 460 g/mol. The number of benzene rings is 2. The van der Waals surface area contributed by atoms with Crippen LogP contribution in [0.3, 0.4) is 0 Å². The third-order valence-corrected chi connectivity index (χ3v) is 5.70. The van der Waals surface area contributed by atoms with Gasteiger partial charge in [-0.05, 0) is 36.8 Å². The van der Waals surface area contributed by atoms with E-state index in [1.165, 1.54) is 4.90 Å². The van der Waals surface area contributed by atoms with Crippen LogP contribution in [0.4, 0.5) is 0 Å². The Morgan fingerprint density at radius 2 is 1.81 bits per heavy atom. The second-order valence-corrected chi connectivity index (χ2v) is 8.35. The molecule has 1 aliphatic rings. The first-order chi connectivity index (χ1) is 14.9. The first-order valence-corrected chi connectivity index (χ1v) is 10.7. The van der Waals surface area contributed by atoms with Gasteiger partial charge in [-0.3, -0.25) is 19.3 Å². The third kappa shape index (κ3) is 4.44. The molecule has 0 N–H and O–H groups in total. The van der Waals surface area contributed by atoms with Crippen molar-refractivity contribution in [2.45, 2.75) is 19.4 Å². The highest BCUT2D eigenvalue weighted by Gasteiger charge is 2.35. The maximum Gasteiger partial charge on any atom is 0.261 e. The van der Waals surface area contributed by atoms with Crippen LogP contribution in [0.25, 0.3) is 5.69 Å². The van der Waals surface area contributed by atoms with E-state index in [4.69, 9.17) is 0 Å². The molecule has 2 heterocycles. The lowest BCUT2D eigenvalue weighted by Crippen LogP contribution is -2.32. The number of hydrogen-bond donors (Lipinski definition) is 0. The molecule has 0 radical (unpaired) electrons. The molecule has 2 aromatic carbocycles. The quantitative estimate of drug-likeness (QED) is 0.483. The number of aromatic nitrogens is 2. The lowest BCUT2D eigenvalue weighted by molar-refractivity contribution is -0.130. The van der Waals surface area contributed by atoms with Gasteiger partial charge < -0.3 is 4.90 Å². The molecule has 4 rings (SSSR count). The molecule has 1 aromatic heterocycles. The Bertz CT molecular complexity index is 1140. The number of fused-ring (bicyclic) bond motifs is 1. The van der Waals surface area contributed by atoms with E-state index >= 15 is 0 Å². The van der Waals surface area contributed by atoms with Gasteiger partial charge in [0.2, 0.25) is 5.91 Å². The molecule has 0 fully saturated rings. The van der Waals surface area contributed by atoms with Crippen molar-refractivity contribution < 1.29 is 14.4 Å². The largest absolute Gasteiger partial charge is 0.341 e. The van der Waals surface area contributed by atoms with Gasteiger partial charge >= 0.3 is 0 Å². The van der Waals surface area contributed by atoms with Crippen molar-refractivity contribution in [3.63, 3.8) is 0 Å². The Morgan fingerprint density at radius 3 is 2.58 bits per heavy atom. The van der Waals surface area contributed by atoms with Crippen LogP contribution in [-0.4, -0.2) is 50.9 Å². The molecule has 0 unspecified atom stereocenters. The molecular formula is C23H21BrN4O3. The van der Waals surface area contributed by atoms with E-state index in [2.05, 4.69) is 21.0 Å². The van der Waals surface area contributed by atoms with E-state index in [-0.39, 0.29) is 30.7 Å². The maximum atomic E-state index is 12.5. The number of halogens is 1. The highest BCUT2D eigenvalue weighted by atomic mass is 79.9. The van der Waals surface area contributed by atoms with Gasteiger partial charge in [0.15, 0.2) is 0 Å². The van der Waals surface area contributed by atoms with Gasteiger partial charge in [-0.2, -0.15) is 5.10 Å². The van der Waals surface area contributed by atoms with E-state index in [1.807, 2.05) is 36.5 Å². The number of carbonyl (C=O) groups is 3. The van der Waals surface area contributed by atoms with Crippen LogP contribution < -0.4 is 0 Å². The summed E-state index contributed by atoms with van der Waals surface area (Å²) in [5.74, 6) is -0.663. The summed E-state index contributed by atoms with van der Waals surface area (Å²) < 4.78 is 2.52. The first kappa shape index (κ1) is 21.0. The summed E-state index contributed by atoms with van der Waals surface area (Å²) in [7, 11) is 1.74. The van der Waals surface area contributed by atoms with Crippen LogP contribution in [0, 0.1) is 0 Å². The van der Waals surface area contributed by atoms with E-state index in [9.17, 15) is 14.4 Å². The monoisotopic (exact) mass is 480 g/mol. The summed E-state index contributed by atoms with van der Waals surface area (Å²) in [4.78, 5) is 40.4. The molecule has 0 bridgehead atoms. The number of carbonyl (C=O) groups excluding carboxylic acids is 3. The fourth-order valence-electron chi connectivity index (χ4n) is 3.57. The van der Waals surface area contributed by atoms with Gasteiger partial charge in [0.25, 0.3) is 11.8 Å². The third-order valence-electron chi connectivity index (χ3n) is 5.21. The summed E-state index contributed by atoms with van der Waals surface area (Å²) in [5, 5.41) is 4.35. The second kappa shape index (κ2) is 8.85. The smallest absolute Gasteiger partial charge is 0.261 e. The van der Waals surface area contributed by atoms with Gasteiger partial charge in [-0.25, -0.2) is 4.68 Å². The summed E-state index contributed by atoms with van der Waals surface area (Å²) in [6.07, 6.45) is 4.31. The average Bonchev–Trinajstić information content (AvgIpc) is 3.32. The molecule has 0 aliphatic carbocycles. The van der Waals surface area contributed by atoms with E-state index < -0.39 is 0 Å². The predicted octanol–water partition coefficient (Wildman–Crippen LogP) is 3.67. The minimum Gasteiger partial charge on any atom is -0.341 e. The van der Waals surface area contributed by atoms with Crippen molar-refractivity contribution in [2.24, 2.45) is 0 Å².